The average Bonchev–Trinajstić information content (AvgIpc) is 2.30. The number of rotatable bonds is 2. The van der Waals surface area contributed by atoms with Crippen molar-refractivity contribution in [3.63, 3.8) is 0 Å². The highest BCUT2D eigenvalue weighted by molar-refractivity contribution is 5.93. The van der Waals surface area contributed by atoms with Crippen molar-refractivity contribution in [2.75, 3.05) is 0 Å². The topological polar surface area (TPSA) is 43.4 Å². The molecular formula is C13H12O3. The Bertz CT molecular complexity index is 432. The van der Waals surface area contributed by atoms with Crippen molar-refractivity contribution < 1.29 is 14.3 Å². The van der Waals surface area contributed by atoms with Crippen LogP contribution in [0.1, 0.15) is 29.6 Å². The number of carbonyl (C=O) groups is 2. The van der Waals surface area contributed by atoms with E-state index in [1.54, 1.807) is 24.3 Å². The van der Waals surface area contributed by atoms with Crippen molar-refractivity contribution >= 4 is 11.8 Å². The van der Waals surface area contributed by atoms with E-state index in [1.165, 1.54) is 6.08 Å². The summed E-state index contributed by atoms with van der Waals surface area (Å²) in [6.07, 6.45) is 3.38. The van der Waals surface area contributed by atoms with Gasteiger partial charge in [0.25, 0.3) is 0 Å². The second-order valence-electron chi connectivity index (χ2n) is 3.69. The van der Waals surface area contributed by atoms with Gasteiger partial charge < -0.3 is 4.74 Å². The summed E-state index contributed by atoms with van der Waals surface area (Å²) in [6.45, 7) is 0. The lowest BCUT2D eigenvalue weighted by molar-refractivity contribution is -0.115. The van der Waals surface area contributed by atoms with Crippen LogP contribution in [0.15, 0.2) is 42.2 Å². The van der Waals surface area contributed by atoms with E-state index in [0.717, 1.165) is 6.42 Å². The van der Waals surface area contributed by atoms with E-state index in [1.807, 2.05) is 6.07 Å². The molecule has 82 valence electrons. The number of allylic oxidation sites excluding steroid dienone is 2. The zero-order valence-corrected chi connectivity index (χ0v) is 8.81. The SMILES string of the molecule is O=C1C=C(OC(=O)c2ccccc2)CCC1. The third kappa shape index (κ3) is 2.57. The molecule has 0 aromatic heterocycles. The summed E-state index contributed by atoms with van der Waals surface area (Å²) in [7, 11) is 0. The quantitative estimate of drug-likeness (QED) is 0.713. The van der Waals surface area contributed by atoms with E-state index in [-0.39, 0.29) is 5.78 Å². The summed E-state index contributed by atoms with van der Waals surface area (Å²) in [6, 6.07) is 8.76. The predicted octanol–water partition coefficient (Wildman–Crippen LogP) is 2.48. The van der Waals surface area contributed by atoms with Crippen LogP contribution in [0.2, 0.25) is 0 Å². The molecule has 0 saturated carbocycles. The minimum atomic E-state index is -0.401. The number of benzene rings is 1. The van der Waals surface area contributed by atoms with Crippen LogP contribution >= 0.6 is 0 Å². The molecule has 1 aliphatic rings. The smallest absolute Gasteiger partial charge is 0.343 e. The molecule has 3 heteroatoms. The summed E-state index contributed by atoms with van der Waals surface area (Å²) >= 11 is 0. The zero-order valence-electron chi connectivity index (χ0n) is 8.81. The number of hydrogen-bond acceptors (Lipinski definition) is 3. The minimum Gasteiger partial charge on any atom is -0.427 e. The molecule has 1 aromatic rings. The molecule has 3 nitrogen and oxygen atoms in total. The normalized spacial score (nSPS) is 15.5. The number of ether oxygens (including phenoxy) is 1. The maximum atomic E-state index is 11.6. The molecular weight excluding hydrogens is 204 g/mol. The fourth-order valence-electron chi connectivity index (χ4n) is 1.59. The van der Waals surface area contributed by atoms with Gasteiger partial charge in [0.2, 0.25) is 0 Å². The third-order valence-electron chi connectivity index (χ3n) is 2.40. The molecule has 0 unspecified atom stereocenters. The highest BCUT2D eigenvalue weighted by Crippen LogP contribution is 2.17. The first kappa shape index (κ1) is 10.6. The highest BCUT2D eigenvalue weighted by atomic mass is 16.5. The Kier molecular flexibility index (Phi) is 3.15. The van der Waals surface area contributed by atoms with E-state index in [0.29, 0.717) is 24.2 Å². The van der Waals surface area contributed by atoms with E-state index < -0.39 is 5.97 Å². The maximum Gasteiger partial charge on any atom is 0.343 e. The van der Waals surface area contributed by atoms with Crippen LogP contribution in [0.5, 0.6) is 0 Å². The van der Waals surface area contributed by atoms with Crippen LogP contribution < -0.4 is 0 Å². The first-order chi connectivity index (χ1) is 7.75. The van der Waals surface area contributed by atoms with Gasteiger partial charge in [0.15, 0.2) is 5.78 Å². The Hall–Kier alpha value is -1.90. The van der Waals surface area contributed by atoms with Gasteiger partial charge >= 0.3 is 5.97 Å². The molecule has 0 atom stereocenters. The number of esters is 1. The van der Waals surface area contributed by atoms with Crippen molar-refractivity contribution in [2.45, 2.75) is 19.3 Å². The molecule has 0 aliphatic heterocycles. The van der Waals surface area contributed by atoms with Crippen molar-refractivity contribution in [1.29, 1.82) is 0 Å². The Balaban J connectivity index is 2.05. The minimum absolute atomic E-state index is 0.0297. The lowest BCUT2D eigenvalue weighted by atomic mass is 10.1. The maximum absolute atomic E-state index is 11.6. The van der Waals surface area contributed by atoms with Crippen LogP contribution in [-0.2, 0) is 9.53 Å². The summed E-state index contributed by atoms with van der Waals surface area (Å²) in [5.74, 6) is 0.105. The van der Waals surface area contributed by atoms with Gasteiger partial charge in [-0.1, -0.05) is 18.2 Å². The van der Waals surface area contributed by atoms with Gasteiger partial charge in [0.05, 0.1) is 5.56 Å². The molecule has 0 saturated heterocycles. The lowest BCUT2D eigenvalue weighted by Gasteiger charge is -2.11. The summed E-state index contributed by atoms with van der Waals surface area (Å²) in [5.41, 5.74) is 0.501. The van der Waals surface area contributed by atoms with Crippen LogP contribution in [0.25, 0.3) is 0 Å². The average molecular weight is 216 g/mol. The lowest BCUT2D eigenvalue weighted by Crippen LogP contribution is -2.10. The molecule has 16 heavy (non-hydrogen) atoms. The molecule has 0 N–H and O–H groups in total. The predicted molar refractivity (Wildman–Crippen MR) is 58.8 cm³/mol. The monoisotopic (exact) mass is 216 g/mol. The van der Waals surface area contributed by atoms with E-state index in [4.69, 9.17) is 4.74 Å². The number of carbonyl (C=O) groups excluding carboxylic acids is 2. The molecule has 0 fully saturated rings. The van der Waals surface area contributed by atoms with Gasteiger partial charge in [0.1, 0.15) is 5.76 Å². The Morgan fingerprint density at radius 1 is 1.12 bits per heavy atom. The molecule has 1 aliphatic carbocycles. The Morgan fingerprint density at radius 3 is 2.56 bits per heavy atom. The standard InChI is InChI=1S/C13H12O3/c14-11-7-4-8-12(9-11)16-13(15)10-5-2-1-3-6-10/h1-3,5-6,9H,4,7-8H2. The number of ketones is 1. The second-order valence-corrected chi connectivity index (χ2v) is 3.69. The van der Waals surface area contributed by atoms with Gasteiger partial charge in [-0.15, -0.1) is 0 Å². The van der Waals surface area contributed by atoms with Crippen molar-refractivity contribution in [3.8, 4) is 0 Å². The Morgan fingerprint density at radius 2 is 1.88 bits per heavy atom. The van der Waals surface area contributed by atoms with Gasteiger partial charge in [-0.05, 0) is 18.6 Å². The van der Waals surface area contributed by atoms with Crippen molar-refractivity contribution in [1.82, 2.24) is 0 Å². The second kappa shape index (κ2) is 4.75. The van der Waals surface area contributed by atoms with E-state index in [9.17, 15) is 9.59 Å². The van der Waals surface area contributed by atoms with E-state index >= 15 is 0 Å². The van der Waals surface area contributed by atoms with Crippen LogP contribution in [0.3, 0.4) is 0 Å². The molecule has 1 aromatic carbocycles. The van der Waals surface area contributed by atoms with E-state index in [2.05, 4.69) is 0 Å². The summed E-state index contributed by atoms with van der Waals surface area (Å²) in [5, 5.41) is 0. The fourth-order valence-corrected chi connectivity index (χ4v) is 1.59. The summed E-state index contributed by atoms with van der Waals surface area (Å²) < 4.78 is 5.15. The number of hydrogen-bond donors (Lipinski definition) is 0. The molecule has 0 radical (unpaired) electrons. The van der Waals surface area contributed by atoms with Gasteiger partial charge in [-0.2, -0.15) is 0 Å². The van der Waals surface area contributed by atoms with Gasteiger partial charge in [-0.3, -0.25) is 4.79 Å². The van der Waals surface area contributed by atoms with Gasteiger partial charge in [-0.25, -0.2) is 4.79 Å². The molecule has 0 spiro atoms. The first-order valence-electron chi connectivity index (χ1n) is 5.26. The molecule has 0 heterocycles. The van der Waals surface area contributed by atoms with Crippen molar-refractivity contribution in [2.24, 2.45) is 0 Å². The largest absolute Gasteiger partial charge is 0.427 e. The summed E-state index contributed by atoms with van der Waals surface area (Å²) in [4.78, 5) is 22.8. The Labute approximate surface area is 93.7 Å². The molecule has 2 rings (SSSR count). The molecule has 0 bridgehead atoms. The van der Waals surface area contributed by atoms with Gasteiger partial charge in [0, 0.05) is 18.9 Å². The third-order valence-corrected chi connectivity index (χ3v) is 2.40. The highest BCUT2D eigenvalue weighted by Gasteiger charge is 2.15. The van der Waals surface area contributed by atoms with Crippen LogP contribution in [0.4, 0.5) is 0 Å². The van der Waals surface area contributed by atoms with Crippen LogP contribution in [-0.4, -0.2) is 11.8 Å². The zero-order chi connectivity index (χ0) is 11.4. The van der Waals surface area contributed by atoms with Crippen LogP contribution in [0, 0.1) is 0 Å². The first-order valence-corrected chi connectivity index (χ1v) is 5.26. The molecule has 0 amide bonds. The fraction of sp³-hybridized carbons (Fsp3) is 0.231. The van der Waals surface area contributed by atoms with Crippen molar-refractivity contribution in [3.05, 3.63) is 47.7 Å².